The summed E-state index contributed by atoms with van der Waals surface area (Å²) in [6.45, 7) is 0. The number of rotatable bonds is 2. The van der Waals surface area contributed by atoms with Crippen molar-refractivity contribution in [1.29, 1.82) is 0 Å². The smallest absolute Gasteiger partial charge is 0.237 e. The van der Waals surface area contributed by atoms with Gasteiger partial charge in [-0.1, -0.05) is 29.8 Å². The molecule has 0 aliphatic rings. The van der Waals surface area contributed by atoms with Gasteiger partial charge in [-0.3, -0.25) is 0 Å². The van der Waals surface area contributed by atoms with Gasteiger partial charge in [-0.2, -0.15) is 0 Å². The summed E-state index contributed by atoms with van der Waals surface area (Å²) >= 11 is 5.72. The molecule has 1 N–H and O–H groups in total. The zero-order valence-electron chi connectivity index (χ0n) is 6.70. The first-order valence-corrected chi connectivity index (χ1v) is 4.15. The molecule has 1 aromatic carbocycles. The SMILES string of the molecule is Clc1ncoc1Nc1ccccc1. The fourth-order valence-corrected chi connectivity index (χ4v) is 1.10. The molecule has 0 unspecified atom stereocenters. The Bertz CT molecular complexity index is 386. The van der Waals surface area contributed by atoms with E-state index in [0.717, 1.165) is 5.69 Å². The number of benzene rings is 1. The molecule has 0 aliphatic heterocycles. The second-order valence-electron chi connectivity index (χ2n) is 2.46. The summed E-state index contributed by atoms with van der Waals surface area (Å²) in [5.41, 5.74) is 0.918. The first-order valence-electron chi connectivity index (χ1n) is 3.77. The molecule has 0 radical (unpaired) electrons. The predicted molar refractivity (Wildman–Crippen MR) is 51.2 cm³/mol. The summed E-state index contributed by atoms with van der Waals surface area (Å²) < 4.78 is 5.01. The summed E-state index contributed by atoms with van der Waals surface area (Å²) in [6, 6.07) is 9.62. The lowest BCUT2D eigenvalue weighted by Gasteiger charge is -2.00. The molecule has 1 heterocycles. The maximum atomic E-state index is 5.72. The third-order valence-electron chi connectivity index (χ3n) is 1.56. The van der Waals surface area contributed by atoms with Gasteiger partial charge in [0.25, 0.3) is 0 Å². The Morgan fingerprint density at radius 2 is 2.00 bits per heavy atom. The molecule has 13 heavy (non-hydrogen) atoms. The molecule has 2 rings (SSSR count). The third kappa shape index (κ3) is 1.81. The summed E-state index contributed by atoms with van der Waals surface area (Å²) in [4.78, 5) is 3.75. The van der Waals surface area contributed by atoms with Gasteiger partial charge in [0.15, 0.2) is 11.5 Å². The lowest BCUT2D eigenvalue weighted by atomic mass is 10.3. The number of anilines is 2. The average Bonchev–Trinajstić information content (AvgIpc) is 2.54. The summed E-state index contributed by atoms with van der Waals surface area (Å²) in [5, 5.41) is 3.33. The van der Waals surface area contributed by atoms with E-state index in [4.69, 9.17) is 16.0 Å². The van der Waals surface area contributed by atoms with Crippen LogP contribution in [0.15, 0.2) is 41.1 Å². The Hall–Kier alpha value is -1.48. The molecule has 2 aromatic rings. The summed E-state index contributed by atoms with van der Waals surface area (Å²) in [7, 11) is 0. The molecule has 0 aliphatic carbocycles. The topological polar surface area (TPSA) is 38.1 Å². The first kappa shape index (κ1) is 8.13. The molecular weight excluding hydrogens is 188 g/mol. The highest BCUT2D eigenvalue weighted by molar-refractivity contribution is 6.31. The standard InChI is InChI=1S/C9H7ClN2O/c10-8-9(13-6-11-8)12-7-4-2-1-3-5-7/h1-6,12H. The fourth-order valence-electron chi connectivity index (χ4n) is 0.966. The fraction of sp³-hybridized carbons (Fsp3) is 0. The first-order chi connectivity index (χ1) is 6.36. The normalized spacial score (nSPS) is 9.92. The van der Waals surface area contributed by atoms with E-state index in [9.17, 15) is 0 Å². The van der Waals surface area contributed by atoms with Crippen LogP contribution in [0.4, 0.5) is 11.6 Å². The van der Waals surface area contributed by atoms with Gasteiger partial charge in [-0.15, -0.1) is 0 Å². The number of aromatic nitrogens is 1. The van der Waals surface area contributed by atoms with Crippen LogP contribution in [0.2, 0.25) is 5.15 Å². The predicted octanol–water partition coefficient (Wildman–Crippen LogP) is 3.07. The van der Waals surface area contributed by atoms with Crippen molar-refractivity contribution in [2.75, 3.05) is 5.32 Å². The number of para-hydroxylation sites is 1. The number of hydrogen-bond acceptors (Lipinski definition) is 3. The van der Waals surface area contributed by atoms with Crippen LogP contribution in [0.1, 0.15) is 0 Å². The molecule has 66 valence electrons. The summed E-state index contributed by atoms with van der Waals surface area (Å²) in [6.07, 6.45) is 1.30. The van der Waals surface area contributed by atoms with E-state index in [0.29, 0.717) is 11.0 Å². The number of halogens is 1. The van der Waals surface area contributed by atoms with Crippen molar-refractivity contribution >= 4 is 23.2 Å². The Labute approximate surface area is 80.4 Å². The van der Waals surface area contributed by atoms with E-state index in [1.54, 1.807) is 0 Å². The second-order valence-corrected chi connectivity index (χ2v) is 2.82. The summed E-state index contributed by atoms with van der Waals surface area (Å²) in [5.74, 6) is 0.466. The molecule has 0 atom stereocenters. The van der Waals surface area contributed by atoms with Crippen LogP contribution >= 0.6 is 11.6 Å². The van der Waals surface area contributed by atoms with Gasteiger partial charge in [-0.25, -0.2) is 4.98 Å². The van der Waals surface area contributed by atoms with Crippen molar-refractivity contribution in [3.8, 4) is 0 Å². The van der Waals surface area contributed by atoms with Gasteiger partial charge in [0, 0.05) is 5.69 Å². The van der Waals surface area contributed by atoms with Crippen LogP contribution in [0, 0.1) is 0 Å². The van der Waals surface area contributed by atoms with Gasteiger partial charge in [0.1, 0.15) is 0 Å². The van der Waals surface area contributed by atoms with E-state index in [-0.39, 0.29) is 0 Å². The van der Waals surface area contributed by atoms with E-state index in [2.05, 4.69) is 10.3 Å². The van der Waals surface area contributed by atoms with Crippen molar-refractivity contribution < 1.29 is 4.42 Å². The third-order valence-corrected chi connectivity index (χ3v) is 1.82. The minimum absolute atomic E-state index is 0.337. The second kappa shape index (κ2) is 3.49. The molecule has 4 heteroatoms. The van der Waals surface area contributed by atoms with Crippen molar-refractivity contribution in [2.24, 2.45) is 0 Å². The van der Waals surface area contributed by atoms with Crippen LogP contribution in [-0.4, -0.2) is 4.98 Å². The molecule has 0 saturated heterocycles. The highest BCUT2D eigenvalue weighted by Gasteiger charge is 2.03. The van der Waals surface area contributed by atoms with Gasteiger partial charge in [-0.05, 0) is 12.1 Å². The highest BCUT2D eigenvalue weighted by atomic mass is 35.5. The minimum atomic E-state index is 0.337. The van der Waals surface area contributed by atoms with Crippen LogP contribution in [-0.2, 0) is 0 Å². The molecular formula is C9H7ClN2O. The lowest BCUT2D eigenvalue weighted by Crippen LogP contribution is -1.87. The van der Waals surface area contributed by atoms with Crippen LogP contribution in [0.3, 0.4) is 0 Å². The van der Waals surface area contributed by atoms with E-state index >= 15 is 0 Å². The maximum absolute atomic E-state index is 5.72. The molecule has 0 fully saturated rings. The van der Waals surface area contributed by atoms with Crippen LogP contribution in [0.25, 0.3) is 0 Å². The van der Waals surface area contributed by atoms with Crippen molar-refractivity contribution in [3.05, 3.63) is 41.9 Å². The number of hydrogen-bond donors (Lipinski definition) is 1. The molecule has 0 amide bonds. The maximum Gasteiger partial charge on any atom is 0.237 e. The van der Waals surface area contributed by atoms with Gasteiger partial charge in [0.2, 0.25) is 5.88 Å². The lowest BCUT2D eigenvalue weighted by molar-refractivity contribution is 0.575. The largest absolute Gasteiger partial charge is 0.426 e. The molecule has 1 aromatic heterocycles. The van der Waals surface area contributed by atoms with Crippen molar-refractivity contribution in [2.45, 2.75) is 0 Å². The highest BCUT2D eigenvalue weighted by Crippen LogP contribution is 2.23. The molecule has 0 spiro atoms. The Balaban J connectivity index is 2.20. The van der Waals surface area contributed by atoms with Gasteiger partial charge < -0.3 is 9.73 Å². The van der Waals surface area contributed by atoms with Crippen molar-refractivity contribution in [1.82, 2.24) is 4.98 Å². The van der Waals surface area contributed by atoms with E-state index in [1.807, 2.05) is 30.3 Å². The molecule has 0 saturated carbocycles. The minimum Gasteiger partial charge on any atom is -0.426 e. The van der Waals surface area contributed by atoms with E-state index < -0.39 is 0 Å². The molecule has 0 bridgehead atoms. The zero-order valence-corrected chi connectivity index (χ0v) is 7.45. The monoisotopic (exact) mass is 194 g/mol. The van der Waals surface area contributed by atoms with Gasteiger partial charge >= 0.3 is 0 Å². The number of nitrogens with one attached hydrogen (secondary N) is 1. The zero-order chi connectivity index (χ0) is 9.10. The van der Waals surface area contributed by atoms with E-state index in [1.165, 1.54) is 6.39 Å². The van der Waals surface area contributed by atoms with Crippen LogP contribution in [0.5, 0.6) is 0 Å². The average molecular weight is 195 g/mol. The Kier molecular flexibility index (Phi) is 2.19. The Morgan fingerprint density at radius 3 is 2.62 bits per heavy atom. The van der Waals surface area contributed by atoms with Crippen LogP contribution < -0.4 is 5.32 Å². The molecule has 3 nitrogen and oxygen atoms in total. The van der Waals surface area contributed by atoms with Crippen molar-refractivity contribution in [3.63, 3.8) is 0 Å². The number of nitrogens with zero attached hydrogens (tertiary/aromatic N) is 1. The quantitative estimate of drug-likeness (QED) is 0.799. The van der Waals surface area contributed by atoms with Gasteiger partial charge in [0.05, 0.1) is 0 Å². The number of oxazole rings is 1. The Morgan fingerprint density at radius 1 is 1.23 bits per heavy atom.